The number of nitrogens with one attached hydrogen (secondary N) is 1. The minimum Gasteiger partial charge on any atom is -0.505 e. The number of carbonyl (C=O) groups is 3. The van der Waals surface area contributed by atoms with Crippen molar-refractivity contribution in [1.29, 1.82) is 0 Å². The minimum atomic E-state index is -1.01. The van der Waals surface area contributed by atoms with E-state index in [1.165, 1.54) is 7.11 Å². The average Bonchev–Trinajstić information content (AvgIpc) is 2.85. The van der Waals surface area contributed by atoms with Crippen LogP contribution in [-0.4, -0.2) is 53.9 Å². The van der Waals surface area contributed by atoms with E-state index in [-0.39, 0.29) is 23.5 Å². The number of anilines is 1. The Morgan fingerprint density at radius 1 is 1.24 bits per heavy atom. The minimum absolute atomic E-state index is 0.00215. The third kappa shape index (κ3) is 8.43. The number of allylic oxidation sites excluding steroid dienone is 1. The number of aliphatic hydroxyl groups is 1. The predicted molar refractivity (Wildman–Crippen MR) is 141 cm³/mol. The van der Waals surface area contributed by atoms with Gasteiger partial charge in [0.25, 0.3) is 5.91 Å². The number of carbonyl (C=O) groups excluding carboxylic acids is 3. The molecule has 1 heterocycles. The van der Waals surface area contributed by atoms with Crippen molar-refractivity contribution < 1.29 is 34.1 Å². The van der Waals surface area contributed by atoms with E-state index in [2.05, 4.69) is 5.32 Å². The van der Waals surface area contributed by atoms with E-state index in [1.807, 2.05) is 13.8 Å². The van der Waals surface area contributed by atoms with Crippen LogP contribution in [0.5, 0.6) is 5.75 Å². The van der Waals surface area contributed by atoms with Crippen LogP contribution in [0.3, 0.4) is 0 Å². The Kier molecular flexibility index (Phi) is 11.3. The molecule has 2 rings (SSSR count). The number of phenolic OH excluding ortho intramolecular Hbond substituents is 1. The smallest absolute Gasteiger partial charge is 0.405 e. The molecule has 1 aromatic rings. The quantitative estimate of drug-likeness (QED) is 0.271. The summed E-state index contributed by atoms with van der Waals surface area (Å²) in [6, 6.07) is 5.20. The van der Waals surface area contributed by atoms with Crippen LogP contribution >= 0.6 is 0 Å². The molecule has 0 saturated carbocycles. The van der Waals surface area contributed by atoms with Crippen LogP contribution in [0.25, 0.3) is 0 Å². The summed E-state index contributed by atoms with van der Waals surface area (Å²) in [6.45, 7) is 7.19. The van der Waals surface area contributed by atoms with Crippen LogP contribution in [0.1, 0.15) is 52.5 Å². The zero-order valence-electron chi connectivity index (χ0n) is 22.3. The van der Waals surface area contributed by atoms with E-state index in [4.69, 9.17) is 15.2 Å². The molecule has 0 unspecified atom stereocenters. The Balaban J connectivity index is 2.49. The van der Waals surface area contributed by atoms with Crippen LogP contribution in [-0.2, 0) is 25.5 Å². The summed E-state index contributed by atoms with van der Waals surface area (Å²) in [5.41, 5.74) is 7.28. The van der Waals surface area contributed by atoms with Crippen molar-refractivity contribution in [2.45, 2.75) is 71.7 Å². The maximum absolute atomic E-state index is 12.7. The topological polar surface area (TPSA) is 148 Å². The first-order chi connectivity index (χ1) is 17.5. The molecule has 1 aromatic carbocycles. The molecule has 0 aliphatic carbocycles. The van der Waals surface area contributed by atoms with Gasteiger partial charge in [0.1, 0.15) is 18.1 Å². The summed E-state index contributed by atoms with van der Waals surface area (Å²) in [5.74, 6) is -1.43. The molecule has 5 N–H and O–H groups in total. The van der Waals surface area contributed by atoms with Gasteiger partial charge in [0, 0.05) is 18.6 Å². The highest BCUT2D eigenvalue weighted by atomic mass is 16.6. The van der Waals surface area contributed by atoms with Gasteiger partial charge in [-0.15, -0.1) is 0 Å². The highest BCUT2D eigenvalue weighted by Gasteiger charge is 2.30. The highest BCUT2D eigenvalue weighted by Crippen LogP contribution is 2.32. The molecule has 2 bridgehead atoms. The molecule has 1 aliphatic rings. The second-order valence-electron chi connectivity index (χ2n) is 9.97. The molecule has 9 heteroatoms. The van der Waals surface area contributed by atoms with E-state index >= 15 is 0 Å². The number of fused-ring (bicyclic) bond motifs is 2. The number of para-hydroxylation sites is 1. The van der Waals surface area contributed by atoms with Crippen molar-refractivity contribution in [2.75, 3.05) is 12.4 Å². The van der Waals surface area contributed by atoms with Crippen LogP contribution in [0, 0.1) is 17.8 Å². The Morgan fingerprint density at radius 2 is 1.95 bits per heavy atom. The third-order valence-corrected chi connectivity index (χ3v) is 6.88. The molecular formula is C28H40N2O7. The summed E-state index contributed by atoms with van der Waals surface area (Å²) in [5, 5.41) is 24.6. The van der Waals surface area contributed by atoms with Crippen LogP contribution in [0.15, 0.2) is 41.5 Å². The van der Waals surface area contributed by atoms with Crippen LogP contribution in [0.4, 0.5) is 10.5 Å². The second kappa shape index (κ2) is 13.9. The number of rotatable bonds is 3. The van der Waals surface area contributed by atoms with Gasteiger partial charge in [-0.05, 0) is 62.7 Å². The number of aldehydes is 1. The van der Waals surface area contributed by atoms with Gasteiger partial charge in [-0.3, -0.25) is 4.79 Å². The molecule has 0 fully saturated rings. The average molecular weight is 517 g/mol. The fourth-order valence-corrected chi connectivity index (χ4v) is 4.77. The number of methoxy groups -OCH3 is 1. The molecule has 204 valence electrons. The third-order valence-electron chi connectivity index (χ3n) is 6.88. The first-order valence-electron chi connectivity index (χ1n) is 12.6. The van der Waals surface area contributed by atoms with Gasteiger partial charge in [-0.2, -0.15) is 0 Å². The number of benzene rings is 1. The highest BCUT2D eigenvalue weighted by molar-refractivity contribution is 6.04. The molecule has 0 radical (unpaired) electrons. The number of phenols is 1. The Bertz CT molecular complexity index is 1020. The zero-order valence-corrected chi connectivity index (χ0v) is 22.3. The van der Waals surface area contributed by atoms with E-state index in [0.717, 1.165) is 0 Å². The Labute approximate surface area is 218 Å². The van der Waals surface area contributed by atoms with Crippen molar-refractivity contribution in [3.8, 4) is 5.75 Å². The molecular weight excluding hydrogens is 476 g/mol. The molecule has 1 aliphatic heterocycles. The Morgan fingerprint density at radius 3 is 2.57 bits per heavy atom. The van der Waals surface area contributed by atoms with E-state index in [0.29, 0.717) is 54.4 Å². The van der Waals surface area contributed by atoms with Crippen LogP contribution < -0.4 is 11.1 Å². The van der Waals surface area contributed by atoms with Crippen molar-refractivity contribution in [2.24, 2.45) is 23.5 Å². The monoisotopic (exact) mass is 516 g/mol. The summed E-state index contributed by atoms with van der Waals surface area (Å²) in [7, 11) is 1.53. The number of nitrogens with two attached hydrogens (primary N) is 1. The van der Waals surface area contributed by atoms with Gasteiger partial charge in [0.15, 0.2) is 0 Å². The lowest BCUT2D eigenvalue weighted by Crippen LogP contribution is -2.36. The molecule has 9 nitrogen and oxygen atoms in total. The Hall–Kier alpha value is -3.17. The number of primary amides is 1. The molecule has 2 amide bonds. The number of aliphatic hydroxyl groups excluding tert-OH is 1. The normalized spacial score (nSPS) is 31.2. The lowest BCUT2D eigenvalue weighted by atomic mass is 9.87. The second-order valence-corrected chi connectivity index (χ2v) is 9.97. The maximum atomic E-state index is 12.7. The van der Waals surface area contributed by atoms with Gasteiger partial charge < -0.3 is 35.5 Å². The van der Waals surface area contributed by atoms with Gasteiger partial charge in [0.2, 0.25) is 0 Å². The van der Waals surface area contributed by atoms with Gasteiger partial charge in [-0.1, -0.05) is 38.1 Å². The van der Waals surface area contributed by atoms with Gasteiger partial charge in [-0.25, -0.2) is 4.79 Å². The molecule has 6 atom stereocenters. The number of ether oxygens (including phenoxy) is 2. The number of aromatic hydroxyl groups is 1. The SMILES string of the molecule is CO[C@H]1C[C@H](C)Cc2cccc(c2O)NC(=O)/C(C)=C/CC[C@H](C=O)[C@@H](OC(N)=O)/C(C)=C/[C@H](C)[C@H]1O. The predicted octanol–water partition coefficient (Wildman–Crippen LogP) is 3.88. The largest absolute Gasteiger partial charge is 0.505 e. The first kappa shape index (κ1) is 30.1. The van der Waals surface area contributed by atoms with E-state index in [9.17, 15) is 24.6 Å². The summed E-state index contributed by atoms with van der Waals surface area (Å²) in [6.07, 6.45) is 2.54. The van der Waals surface area contributed by atoms with Gasteiger partial charge in [0.05, 0.1) is 23.8 Å². The lowest BCUT2D eigenvalue weighted by Gasteiger charge is -2.29. The van der Waals surface area contributed by atoms with Crippen molar-refractivity contribution in [3.05, 3.63) is 47.1 Å². The van der Waals surface area contributed by atoms with Gasteiger partial charge >= 0.3 is 6.09 Å². The number of hydrogen-bond acceptors (Lipinski definition) is 7. The van der Waals surface area contributed by atoms with Crippen molar-refractivity contribution in [1.82, 2.24) is 0 Å². The van der Waals surface area contributed by atoms with E-state index in [1.54, 1.807) is 44.2 Å². The summed E-state index contributed by atoms with van der Waals surface area (Å²) in [4.78, 5) is 36.3. The molecule has 37 heavy (non-hydrogen) atoms. The fourth-order valence-electron chi connectivity index (χ4n) is 4.77. The maximum Gasteiger partial charge on any atom is 0.405 e. The summed E-state index contributed by atoms with van der Waals surface area (Å²) < 4.78 is 10.9. The van der Waals surface area contributed by atoms with E-state index < -0.39 is 30.3 Å². The molecule has 0 spiro atoms. The standard InChI is InChI=1S/C28H40N2O7/c1-16-12-20-9-7-11-22(25(20)33)30-27(34)17(2)8-6-10-21(15-31)26(37-28(29)35)19(4)14-18(3)24(32)23(13-16)36-5/h7-9,11,14-16,18,21,23-24,26,32-33H,6,10,12-13H2,1-5H3,(H2,29,35)(H,30,34)/b17-8+,19-14+/t16-,18+,21-,23+,24-,26+/m1/s1. The fraction of sp³-hybridized carbons (Fsp3) is 0.536. The first-order valence-corrected chi connectivity index (χ1v) is 12.6. The molecule has 0 saturated heterocycles. The number of hydrogen-bond donors (Lipinski definition) is 4. The lowest BCUT2D eigenvalue weighted by molar-refractivity contribution is -0.114. The van der Waals surface area contributed by atoms with Crippen molar-refractivity contribution >= 4 is 24.0 Å². The number of amides is 2. The zero-order chi connectivity index (χ0) is 27.7. The van der Waals surface area contributed by atoms with Crippen LogP contribution in [0.2, 0.25) is 0 Å². The van der Waals surface area contributed by atoms with Crippen molar-refractivity contribution in [3.63, 3.8) is 0 Å². The molecule has 0 aromatic heterocycles. The summed E-state index contributed by atoms with van der Waals surface area (Å²) >= 11 is 0.